The van der Waals surface area contributed by atoms with E-state index in [2.05, 4.69) is 46.8 Å². The van der Waals surface area contributed by atoms with E-state index in [1.165, 1.54) is 5.56 Å². The second kappa shape index (κ2) is 7.77. The molecule has 140 valence electrons. The molecular formula is C21H34N2O2. The van der Waals surface area contributed by atoms with Gasteiger partial charge < -0.3 is 15.4 Å². The quantitative estimate of drug-likeness (QED) is 0.827. The molecule has 0 radical (unpaired) electrons. The predicted molar refractivity (Wildman–Crippen MR) is 103 cm³/mol. The number of amides is 1. The molecule has 2 N–H and O–H groups in total. The molecule has 0 aromatic heterocycles. The summed E-state index contributed by atoms with van der Waals surface area (Å²) in [4.78, 5) is 14.3. The van der Waals surface area contributed by atoms with Gasteiger partial charge in [-0.05, 0) is 41.4 Å². The van der Waals surface area contributed by atoms with Gasteiger partial charge >= 0.3 is 0 Å². The van der Waals surface area contributed by atoms with E-state index in [1.54, 1.807) is 0 Å². The van der Waals surface area contributed by atoms with Gasteiger partial charge in [-0.2, -0.15) is 0 Å². The lowest BCUT2D eigenvalue weighted by molar-refractivity contribution is -0.134. The van der Waals surface area contributed by atoms with Crippen molar-refractivity contribution in [3.05, 3.63) is 29.8 Å². The Hall–Kier alpha value is -1.55. The van der Waals surface area contributed by atoms with Crippen LogP contribution in [0.25, 0.3) is 0 Å². The average Bonchev–Trinajstić information content (AvgIpc) is 2.53. The maximum Gasteiger partial charge on any atom is 0.222 e. The van der Waals surface area contributed by atoms with Crippen LogP contribution in [0.1, 0.15) is 59.4 Å². The minimum Gasteiger partial charge on any atom is -0.494 e. The summed E-state index contributed by atoms with van der Waals surface area (Å²) >= 11 is 0. The number of nitrogens with two attached hydrogens (primary N) is 1. The van der Waals surface area contributed by atoms with Crippen molar-refractivity contribution in [1.82, 2.24) is 4.90 Å². The molecule has 1 aliphatic heterocycles. The molecule has 4 nitrogen and oxygen atoms in total. The van der Waals surface area contributed by atoms with Crippen molar-refractivity contribution < 1.29 is 9.53 Å². The lowest BCUT2D eigenvalue weighted by Gasteiger charge is -2.42. The van der Waals surface area contributed by atoms with Crippen LogP contribution in [0, 0.1) is 5.41 Å². The zero-order valence-electron chi connectivity index (χ0n) is 16.5. The third-order valence-corrected chi connectivity index (χ3v) is 5.19. The Bertz CT molecular complexity index is 573. The molecule has 0 saturated carbocycles. The van der Waals surface area contributed by atoms with Crippen LogP contribution in [0.5, 0.6) is 5.75 Å². The lowest BCUT2D eigenvalue weighted by Crippen LogP contribution is -2.54. The summed E-state index contributed by atoms with van der Waals surface area (Å²) in [6.07, 6.45) is 2.16. The van der Waals surface area contributed by atoms with E-state index < -0.39 is 0 Å². The Kier molecular flexibility index (Phi) is 6.15. The summed E-state index contributed by atoms with van der Waals surface area (Å²) in [6, 6.07) is 8.42. The molecule has 1 aromatic rings. The van der Waals surface area contributed by atoms with E-state index in [0.29, 0.717) is 13.0 Å². The average molecular weight is 347 g/mol. The molecule has 1 saturated heterocycles. The largest absolute Gasteiger partial charge is 0.494 e. The van der Waals surface area contributed by atoms with E-state index in [4.69, 9.17) is 10.5 Å². The predicted octanol–water partition coefficient (Wildman–Crippen LogP) is 3.73. The van der Waals surface area contributed by atoms with E-state index in [9.17, 15) is 4.79 Å². The van der Waals surface area contributed by atoms with Crippen LogP contribution in [0.3, 0.4) is 0 Å². The fraction of sp³-hybridized carbons (Fsp3) is 0.667. The summed E-state index contributed by atoms with van der Waals surface area (Å²) in [5.74, 6) is 1.08. The van der Waals surface area contributed by atoms with Gasteiger partial charge in [-0.15, -0.1) is 0 Å². The monoisotopic (exact) mass is 346 g/mol. The highest BCUT2D eigenvalue weighted by Gasteiger charge is 2.34. The van der Waals surface area contributed by atoms with E-state index >= 15 is 0 Å². The Balaban J connectivity index is 1.73. The van der Waals surface area contributed by atoms with Crippen molar-refractivity contribution >= 4 is 5.91 Å². The van der Waals surface area contributed by atoms with E-state index in [0.717, 1.165) is 31.7 Å². The Morgan fingerprint density at radius 1 is 1.28 bits per heavy atom. The molecule has 1 unspecified atom stereocenters. The molecule has 4 heteroatoms. The molecule has 2 rings (SSSR count). The second-order valence-electron chi connectivity index (χ2n) is 8.93. The van der Waals surface area contributed by atoms with Crippen molar-refractivity contribution in [3.8, 4) is 5.75 Å². The normalized spacial score (nSPS) is 20.4. The van der Waals surface area contributed by atoms with E-state index in [-0.39, 0.29) is 22.8 Å². The van der Waals surface area contributed by atoms with Gasteiger partial charge in [0.2, 0.25) is 5.91 Å². The molecule has 1 atom stereocenters. The molecule has 0 bridgehead atoms. The number of hydrogen-bond acceptors (Lipinski definition) is 3. The third kappa shape index (κ3) is 5.46. The number of piperidine rings is 1. The molecule has 1 aromatic carbocycles. The minimum absolute atomic E-state index is 0.000783. The summed E-state index contributed by atoms with van der Waals surface area (Å²) in [6.45, 7) is 13.0. The first-order chi connectivity index (χ1) is 11.6. The van der Waals surface area contributed by atoms with Gasteiger partial charge in [-0.1, -0.05) is 46.8 Å². The fourth-order valence-corrected chi connectivity index (χ4v) is 3.21. The summed E-state index contributed by atoms with van der Waals surface area (Å²) < 4.78 is 5.78. The van der Waals surface area contributed by atoms with Crippen LogP contribution >= 0.6 is 0 Å². The van der Waals surface area contributed by atoms with Crippen molar-refractivity contribution in [1.29, 1.82) is 0 Å². The van der Waals surface area contributed by atoms with Gasteiger partial charge in [0.05, 0.1) is 6.61 Å². The third-order valence-electron chi connectivity index (χ3n) is 5.19. The Labute approximate surface area is 152 Å². The SMILES string of the molecule is CC(C)(C)c1ccc(OCCCC(=O)N2CCC(N)C(C)(C)C2)cc1. The Morgan fingerprint density at radius 3 is 2.48 bits per heavy atom. The standard InChI is InChI=1S/C21H34N2O2/c1-20(2,3)16-8-10-17(11-9-16)25-14-6-7-19(24)23-13-12-18(22)21(4,5)15-23/h8-11,18H,6-7,12-15,22H2,1-5H3. The number of ether oxygens (including phenoxy) is 1. The minimum atomic E-state index is -0.000783. The van der Waals surface area contributed by atoms with Gasteiger partial charge in [0.15, 0.2) is 0 Å². The first kappa shape index (κ1) is 19.8. The van der Waals surface area contributed by atoms with Gasteiger partial charge in [-0.25, -0.2) is 0 Å². The Morgan fingerprint density at radius 2 is 1.92 bits per heavy atom. The number of rotatable bonds is 5. The number of carbonyl (C=O) groups excluding carboxylic acids is 1. The van der Waals surface area contributed by atoms with Crippen molar-refractivity contribution in [2.75, 3.05) is 19.7 Å². The van der Waals surface area contributed by atoms with Crippen molar-refractivity contribution in [2.24, 2.45) is 11.1 Å². The van der Waals surface area contributed by atoms with Crippen molar-refractivity contribution in [2.45, 2.75) is 65.3 Å². The summed E-state index contributed by atoms with van der Waals surface area (Å²) in [5, 5.41) is 0. The van der Waals surface area contributed by atoms with Crippen LogP contribution in [0.2, 0.25) is 0 Å². The maximum atomic E-state index is 12.4. The number of hydrogen-bond donors (Lipinski definition) is 1. The van der Waals surface area contributed by atoms with Crippen LogP contribution in [-0.2, 0) is 10.2 Å². The molecule has 25 heavy (non-hydrogen) atoms. The van der Waals surface area contributed by atoms with Gasteiger partial charge in [-0.3, -0.25) is 4.79 Å². The molecule has 1 fully saturated rings. The zero-order chi connectivity index (χ0) is 18.7. The molecule has 1 amide bonds. The van der Waals surface area contributed by atoms with Crippen LogP contribution < -0.4 is 10.5 Å². The summed E-state index contributed by atoms with van der Waals surface area (Å²) in [5.41, 5.74) is 7.58. The molecule has 0 spiro atoms. The van der Waals surface area contributed by atoms with E-state index in [1.807, 2.05) is 17.0 Å². The maximum absolute atomic E-state index is 12.4. The fourth-order valence-electron chi connectivity index (χ4n) is 3.21. The topological polar surface area (TPSA) is 55.6 Å². The smallest absolute Gasteiger partial charge is 0.222 e. The number of nitrogens with zero attached hydrogens (tertiary/aromatic N) is 1. The van der Waals surface area contributed by atoms with Crippen LogP contribution in [0.15, 0.2) is 24.3 Å². The highest BCUT2D eigenvalue weighted by atomic mass is 16.5. The lowest BCUT2D eigenvalue weighted by atomic mass is 9.79. The molecule has 1 heterocycles. The number of benzene rings is 1. The highest BCUT2D eigenvalue weighted by Crippen LogP contribution is 2.28. The second-order valence-corrected chi connectivity index (χ2v) is 8.93. The first-order valence-electron chi connectivity index (χ1n) is 9.36. The number of likely N-dealkylation sites (tertiary alicyclic amines) is 1. The van der Waals surface area contributed by atoms with Gasteiger partial charge in [0.1, 0.15) is 5.75 Å². The molecule has 0 aliphatic carbocycles. The molecular weight excluding hydrogens is 312 g/mol. The van der Waals surface area contributed by atoms with Crippen LogP contribution in [0.4, 0.5) is 0 Å². The zero-order valence-corrected chi connectivity index (χ0v) is 16.5. The van der Waals surface area contributed by atoms with Gasteiger partial charge in [0.25, 0.3) is 0 Å². The van der Waals surface area contributed by atoms with Crippen LogP contribution in [-0.4, -0.2) is 36.5 Å². The van der Waals surface area contributed by atoms with Gasteiger partial charge in [0, 0.05) is 25.6 Å². The first-order valence-corrected chi connectivity index (χ1v) is 9.36. The highest BCUT2D eigenvalue weighted by molar-refractivity contribution is 5.76. The molecule has 1 aliphatic rings. The van der Waals surface area contributed by atoms with Crippen molar-refractivity contribution in [3.63, 3.8) is 0 Å². The number of carbonyl (C=O) groups is 1. The summed E-state index contributed by atoms with van der Waals surface area (Å²) in [7, 11) is 0.